The van der Waals surface area contributed by atoms with Gasteiger partial charge in [0.15, 0.2) is 0 Å². The van der Waals surface area contributed by atoms with E-state index in [9.17, 15) is 13.2 Å². The molecule has 1 N–H and O–H groups in total. The number of nitrogens with zero attached hydrogens (tertiary/aromatic N) is 1. The van der Waals surface area contributed by atoms with E-state index in [4.69, 9.17) is 0 Å². The summed E-state index contributed by atoms with van der Waals surface area (Å²) < 4.78 is 26.8. The monoisotopic (exact) mass is 438 g/mol. The molecule has 0 aromatic heterocycles. The van der Waals surface area contributed by atoms with Gasteiger partial charge in [-0.1, -0.05) is 48.0 Å². The van der Waals surface area contributed by atoms with Crippen LogP contribution in [0.1, 0.15) is 30.9 Å². The van der Waals surface area contributed by atoms with Crippen LogP contribution >= 0.6 is 15.9 Å². The molecule has 7 heteroatoms. The van der Waals surface area contributed by atoms with Gasteiger partial charge in [0.2, 0.25) is 15.9 Å². The van der Waals surface area contributed by atoms with Crippen LogP contribution in [-0.2, 0) is 14.8 Å². The molecule has 5 nitrogen and oxygen atoms in total. The standard InChI is InChI=1S/C19H23BrN2O3S/c1-13(2)16-7-5-6-8-18(16)22(26(4,24)25)12-19(23)21-15-9-10-17(20)14(3)11-15/h5-11,13H,12H2,1-4H3,(H,21,23). The lowest BCUT2D eigenvalue weighted by molar-refractivity contribution is -0.114. The number of para-hydroxylation sites is 1. The van der Waals surface area contributed by atoms with E-state index in [0.717, 1.165) is 26.2 Å². The molecule has 0 saturated heterocycles. The zero-order chi connectivity index (χ0) is 19.5. The second-order valence-corrected chi connectivity index (χ2v) is 9.26. The quantitative estimate of drug-likeness (QED) is 0.731. The number of aryl methyl sites for hydroxylation is 1. The van der Waals surface area contributed by atoms with Gasteiger partial charge < -0.3 is 5.32 Å². The first-order valence-electron chi connectivity index (χ1n) is 8.22. The summed E-state index contributed by atoms with van der Waals surface area (Å²) in [5, 5.41) is 2.77. The topological polar surface area (TPSA) is 66.5 Å². The third-order valence-corrected chi connectivity index (χ3v) is 5.97. The number of carbonyl (C=O) groups is 1. The van der Waals surface area contributed by atoms with E-state index in [2.05, 4.69) is 21.2 Å². The number of halogens is 1. The van der Waals surface area contributed by atoms with Gasteiger partial charge in [-0.25, -0.2) is 8.42 Å². The van der Waals surface area contributed by atoms with Gasteiger partial charge in [0.25, 0.3) is 0 Å². The summed E-state index contributed by atoms with van der Waals surface area (Å²) in [5.74, 6) is -0.261. The Hall–Kier alpha value is -1.86. The fourth-order valence-corrected chi connectivity index (χ4v) is 3.76. The van der Waals surface area contributed by atoms with Crippen molar-refractivity contribution in [2.24, 2.45) is 0 Å². The van der Waals surface area contributed by atoms with Gasteiger partial charge in [-0.05, 0) is 48.2 Å². The van der Waals surface area contributed by atoms with E-state index >= 15 is 0 Å². The van der Waals surface area contributed by atoms with Crippen molar-refractivity contribution in [2.45, 2.75) is 26.7 Å². The number of hydrogen-bond donors (Lipinski definition) is 1. The lowest BCUT2D eigenvalue weighted by Gasteiger charge is -2.25. The third-order valence-electron chi connectivity index (χ3n) is 3.96. The van der Waals surface area contributed by atoms with Crippen LogP contribution in [0, 0.1) is 6.92 Å². The lowest BCUT2D eigenvalue weighted by Crippen LogP contribution is -2.38. The Kier molecular flexibility index (Phi) is 6.47. The minimum atomic E-state index is -3.61. The number of sulfonamides is 1. The highest BCUT2D eigenvalue weighted by Crippen LogP contribution is 2.29. The fraction of sp³-hybridized carbons (Fsp3) is 0.316. The molecular formula is C19H23BrN2O3S. The first-order chi connectivity index (χ1) is 12.1. The third kappa shape index (κ3) is 5.08. The molecule has 140 valence electrons. The summed E-state index contributed by atoms with van der Waals surface area (Å²) in [6.07, 6.45) is 1.11. The van der Waals surface area contributed by atoms with Crippen LogP contribution in [0.3, 0.4) is 0 Å². The zero-order valence-electron chi connectivity index (χ0n) is 15.3. The molecule has 0 spiro atoms. The number of carbonyl (C=O) groups excluding carboxylic acids is 1. The van der Waals surface area contributed by atoms with Crippen molar-refractivity contribution in [3.63, 3.8) is 0 Å². The van der Waals surface area contributed by atoms with Crippen molar-refractivity contribution >= 4 is 43.2 Å². The van der Waals surface area contributed by atoms with Gasteiger partial charge in [0.05, 0.1) is 11.9 Å². The summed E-state index contributed by atoms with van der Waals surface area (Å²) in [6, 6.07) is 12.7. The van der Waals surface area contributed by atoms with Crippen LogP contribution in [0.25, 0.3) is 0 Å². The summed E-state index contributed by atoms with van der Waals surface area (Å²) in [4.78, 5) is 12.5. The lowest BCUT2D eigenvalue weighted by atomic mass is 10.0. The molecule has 0 bridgehead atoms. The molecule has 0 unspecified atom stereocenters. The molecule has 1 amide bonds. The number of hydrogen-bond acceptors (Lipinski definition) is 3. The molecule has 0 radical (unpaired) electrons. The highest BCUT2D eigenvalue weighted by Gasteiger charge is 2.24. The Morgan fingerprint density at radius 3 is 2.42 bits per heavy atom. The van der Waals surface area contributed by atoms with Crippen molar-refractivity contribution in [3.05, 3.63) is 58.1 Å². The van der Waals surface area contributed by atoms with Gasteiger partial charge in [0.1, 0.15) is 6.54 Å². The second kappa shape index (κ2) is 8.22. The van der Waals surface area contributed by atoms with E-state index < -0.39 is 15.9 Å². The first-order valence-corrected chi connectivity index (χ1v) is 10.9. The molecule has 0 saturated carbocycles. The number of benzene rings is 2. The number of nitrogens with one attached hydrogen (secondary N) is 1. The first kappa shape index (κ1) is 20.5. The van der Waals surface area contributed by atoms with Crippen molar-refractivity contribution in [3.8, 4) is 0 Å². The average molecular weight is 439 g/mol. The molecule has 0 aliphatic carbocycles. The van der Waals surface area contributed by atoms with E-state index in [-0.39, 0.29) is 12.5 Å². The maximum Gasteiger partial charge on any atom is 0.245 e. The number of amides is 1. The smallest absolute Gasteiger partial charge is 0.245 e. The zero-order valence-corrected chi connectivity index (χ0v) is 17.7. The van der Waals surface area contributed by atoms with Crippen LogP contribution in [0.5, 0.6) is 0 Å². The summed E-state index contributed by atoms with van der Waals surface area (Å²) >= 11 is 3.41. The van der Waals surface area contributed by atoms with Crippen molar-refractivity contribution < 1.29 is 13.2 Å². The van der Waals surface area contributed by atoms with Gasteiger partial charge in [-0.3, -0.25) is 9.10 Å². The maximum atomic E-state index is 12.5. The van der Waals surface area contributed by atoms with E-state index in [1.807, 2.05) is 45.0 Å². The van der Waals surface area contributed by atoms with Crippen LogP contribution in [0.4, 0.5) is 11.4 Å². The minimum Gasteiger partial charge on any atom is -0.325 e. The van der Waals surface area contributed by atoms with Crippen LogP contribution in [0.2, 0.25) is 0 Å². The highest BCUT2D eigenvalue weighted by molar-refractivity contribution is 9.10. The van der Waals surface area contributed by atoms with Crippen LogP contribution in [-0.4, -0.2) is 27.1 Å². The van der Waals surface area contributed by atoms with Crippen molar-refractivity contribution in [1.29, 1.82) is 0 Å². The molecule has 0 aliphatic heterocycles. The Morgan fingerprint density at radius 1 is 1.19 bits per heavy atom. The largest absolute Gasteiger partial charge is 0.325 e. The molecule has 0 aliphatic rings. The summed E-state index contributed by atoms with van der Waals surface area (Å²) in [7, 11) is -3.61. The summed E-state index contributed by atoms with van der Waals surface area (Å²) in [5.41, 5.74) is 3.02. The Morgan fingerprint density at radius 2 is 1.85 bits per heavy atom. The molecule has 2 aromatic carbocycles. The van der Waals surface area contributed by atoms with Crippen molar-refractivity contribution in [1.82, 2.24) is 0 Å². The Balaban J connectivity index is 2.29. The normalized spacial score (nSPS) is 11.5. The van der Waals surface area contributed by atoms with Gasteiger partial charge in [0, 0.05) is 10.2 Å². The molecule has 0 heterocycles. The molecule has 26 heavy (non-hydrogen) atoms. The highest BCUT2D eigenvalue weighted by atomic mass is 79.9. The SMILES string of the molecule is Cc1cc(NC(=O)CN(c2ccccc2C(C)C)S(C)(=O)=O)ccc1Br. The Labute approximate surface area is 163 Å². The van der Waals surface area contributed by atoms with E-state index in [0.29, 0.717) is 11.4 Å². The fourth-order valence-electron chi connectivity index (χ4n) is 2.64. The number of anilines is 2. The molecular weight excluding hydrogens is 416 g/mol. The average Bonchev–Trinajstić information content (AvgIpc) is 2.55. The van der Waals surface area contributed by atoms with Crippen molar-refractivity contribution in [2.75, 3.05) is 22.4 Å². The maximum absolute atomic E-state index is 12.5. The molecule has 2 aromatic rings. The Bertz CT molecular complexity index is 911. The van der Waals surface area contributed by atoms with Crippen LogP contribution in [0.15, 0.2) is 46.9 Å². The predicted octanol–water partition coefficient (Wildman–Crippen LogP) is 4.29. The van der Waals surface area contributed by atoms with E-state index in [1.54, 1.807) is 18.2 Å². The minimum absolute atomic E-state index is 0.132. The van der Waals surface area contributed by atoms with Gasteiger partial charge >= 0.3 is 0 Å². The van der Waals surface area contributed by atoms with Gasteiger partial charge in [-0.15, -0.1) is 0 Å². The molecule has 0 atom stereocenters. The van der Waals surface area contributed by atoms with Crippen LogP contribution < -0.4 is 9.62 Å². The molecule has 0 fully saturated rings. The summed E-state index contributed by atoms with van der Waals surface area (Å²) in [6.45, 7) is 5.62. The number of rotatable bonds is 6. The predicted molar refractivity (Wildman–Crippen MR) is 110 cm³/mol. The second-order valence-electron chi connectivity index (χ2n) is 6.50. The van der Waals surface area contributed by atoms with Gasteiger partial charge in [-0.2, -0.15) is 0 Å². The van der Waals surface area contributed by atoms with E-state index in [1.165, 1.54) is 0 Å². The molecule has 2 rings (SSSR count).